The second kappa shape index (κ2) is 7.85. The van der Waals surface area contributed by atoms with Crippen LogP contribution in [0.15, 0.2) is 36.4 Å². The Morgan fingerprint density at radius 1 is 1.06 bits per heavy atom. The molecule has 1 amide bonds. The minimum atomic E-state index is -2.94. The van der Waals surface area contributed by atoms with E-state index in [4.69, 9.17) is 21.1 Å². The van der Waals surface area contributed by atoms with Gasteiger partial charge in [0.15, 0.2) is 9.84 Å². The molecule has 190 valence electrons. The number of sulfone groups is 1. The molecule has 2 aromatic rings. The molecule has 0 N–H and O–H groups in total. The molecule has 2 aromatic carbocycles. The molecule has 3 aliphatic heterocycles. The Labute approximate surface area is 216 Å². The van der Waals surface area contributed by atoms with Crippen LogP contribution >= 0.6 is 11.6 Å². The third-order valence-electron chi connectivity index (χ3n) is 9.13. The highest BCUT2D eigenvalue weighted by Gasteiger charge is 2.71. The van der Waals surface area contributed by atoms with Crippen molar-refractivity contribution in [3.05, 3.63) is 52.5 Å². The SMILES string of the molecule is CN1[C@@H]2C[C@@H](Oc3ccc(N4CCc5cc(OC6CS(=O)(=O)C6)ccc5C4=O)cc3Cl)C[C@H]3CCC321. The van der Waals surface area contributed by atoms with Gasteiger partial charge in [-0.15, -0.1) is 0 Å². The summed E-state index contributed by atoms with van der Waals surface area (Å²) in [6.45, 7) is 0.532. The molecule has 1 spiro atoms. The first-order chi connectivity index (χ1) is 17.2. The molecule has 0 bridgehead atoms. The monoisotopic (exact) mass is 528 g/mol. The lowest BCUT2D eigenvalue weighted by Crippen LogP contribution is -2.46. The molecule has 2 aliphatic carbocycles. The summed E-state index contributed by atoms with van der Waals surface area (Å²) >= 11 is 6.64. The maximum Gasteiger partial charge on any atom is 0.258 e. The van der Waals surface area contributed by atoms with E-state index in [-0.39, 0.29) is 29.6 Å². The van der Waals surface area contributed by atoms with Crippen LogP contribution in [-0.2, 0) is 16.3 Å². The lowest BCUT2D eigenvalue weighted by molar-refractivity contribution is 0.0655. The van der Waals surface area contributed by atoms with Crippen molar-refractivity contribution in [2.45, 2.75) is 55.9 Å². The number of nitrogens with zero attached hydrogens (tertiary/aromatic N) is 2. The number of carbonyl (C=O) groups excluding carboxylic acids is 1. The Kier molecular flexibility index (Phi) is 4.99. The first-order valence-corrected chi connectivity index (χ1v) is 14.9. The highest BCUT2D eigenvalue weighted by molar-refractivity contribution is 7.92. The average Bonchev–Trinajstić information content (AvgIpc) is 3.43. The quantitative estimate of drug-likeness (QED) is 0.551. The molecule has 5 aliphatic rings. The van der Waals surface area contributed by atoms with Crippen molar-refractivity contribution in [3.8, 4) is 11.5 Å². The average molecular weight is 529 g/mol. The van der Waals surface area contributed by atoms with Gasteiger partial charge in [0, 0.05) is 35.8 Å². The van der Waals surface area contributed by atoms with Crippen molar-refractivity contribution < 1.29 is 22.7 Å². The molecule has 0 aromatic heterocycles. The number of hydrogen-bond donors (Lipinski definition) is 0. The van der Waals surface area contributed by atoms with E-state index in [9.17, 15) is 13.2 Å². The van der Waals surface area contributed by atoms with E-state index in [0.29, 0.717) is 46.6 Å². The van der Waals surface area contributed by atoms with Gasteiger partial charge in [-0.3, -0.25) is 9.69 Å². The summed E-state index contributed by atoms with van der Waals surface area (Å²) in [6.07, 6.45) is 5.31. The van der Waals surface area contributed by atoms with Crippen LogP contribution in [0.4, 0.5) is 5.69 Å². The fraction of sp³-hybridized carbons (Fsp3) is 0.519. The van der Waals surface area contributed by atoms with Crippen molar-refractivity contribution in [2.75, 3.05) is 30.0 Å². The van der Waals surface area contributed by atoms with E-state index in [1.807, 2.05) is 24.3 Å². The molecule has 7 nitrogen and oxygen atoms in total. The van der Waals surface area contributed by atoms with Crippen LogP contribution in [0.2, 0.25) is 5.02 Å². The molecule has 0 radical (unpaired) electrons. The molecular weight excluding hydrogens is 500 g/mol. The zero-order valence-electron chi connectivity index (χ0n) is 20.2. The van der Waals surface area contributed by atoms with Crippen molar-refractivity contribution in [1.29, 1.82) is 0 Å². The first-order valence-electron chi connectivity index (χ1n) is 12.7. The fourth-order valence-corrected chi connectivity index (χ4v) is 8.44. The Morgan fingerprint density at radius 2 is 1.89 bits per heavy atom. The number of fused-ring (bicyclic) bond motifs is 1. The summed E-state index contributed by atoms with van der Waals surface area (Å²) in [5.74, 6) is 2.06. The molecule has 2 saturated carbocycles. The molecular formula is C27H29ClN2O5S. The molecule has 4 fully saturated rings. The van der Waals surface area contributed by atoms with Gasteiger partial charge in [0.1, 0.15) is 23.7 Å². The van der Waals surface area contributed by atoms with Gasteiger partial charge in [0.05, 0.1) is 16.5 Å². The van der Waals surface area contributed by atoms with E-state index >= 15 is 0 Å². The number of hydrogen-bond acceptors (Lipinski definition) is 6. The van der Waals surface area contributed by atoms with Crippen molar-refractivity contribution >= 4 is 33.0 Å². The van der Waals surface area contributed by atoms with Crippen LogP contribution in [-0.4, -0.2) is 68.1 Å². The van der Waals surface area contributed by atoms with E-state index < -0.39 is 9.84 Å². The van der Waals surface area contributed by atoms with E-state index in [2.05, 4.69) is 11.9 Å². The van der Waals surface area contributed by atoms with Gasteiger partial charge in [-0.05, 0) is 80.6 Å². The highest BCUT2D eigenvalue weighted by atomic mass is 35.5. The van der Waals surface area contributed by atoms with Crippen LogP contribution in [0, 0.1) is 5.92 Å². The summed E-state index contributed by atoms with van der Waals surface area (Å²) in [7, 11) is -0.703. The van der Waals surface area contributed by atoms with Crippen LogP contribution < -0.4 is 14.4 Å². The van der Waals surface area contributed by atoms with Gasteiger partial charge in [-0.1, -0.05) is 11.6 Å². The summed E-state index contributed by atoms with van der Waals surface area (Å²) in [6, 6.07) is 11.6. The van der Waals surface area contributed by atoms with Gasteiger partial charge in [0.2, 0.25) is 0 Å². The lowest BCUT2D eigenvalue weighted by atomic mass is 9.64. The lowest BCUT2D eigenvalue weighted by Gasteiger charge is -2.43. The number of carbonyl (C=O) groups is 1. The largest absolute Gasteiger partial charge is 0.489 e. The Morgan fingerprint density at radius 3 is 2.58 bits per heavy atom. The maximum atomic E-state index is 13.3. The number of halogens is 1. The zero-order valence-corrected chi connectivity index (χ0v) is 21.7. The third kappa shape index (κ3) is 3.48. The van der Waals surface area contributed by atoms with E-state index in [1.54, 1.807) is 17.0 Å². The number of ether oxygens (including phenoxy) is 2. The number of amides is 1. The van der Waals surface area contributed by atoms with Crippen LogP contribution in [0.25, 0.3) is 0 Å². The van der Waals surface area contributed by atoms with Gasteiger partial charge in [0.25, 0.3) is 5.91 Å². The Balaban J connectivity index is 1.03. The van der Waals surface area contributed by atoms with Crippen LogP contribution in [0.1, 0.15) is 41.6 Å². The van der Waals surface area contributed by atoms with Gasteiger partial charge >= 0.3 is 0 Å². The number of anilines is 1. The van der Waals surface area contributed by atoms with Crippen LogP contribution in [0.3, 0.4) is 0 Å². The number of benzene rings is 2. The summed E-state index contributed by atoms with van der Waals surface area (Å²) in [5.41, 5.74) is 2.78. The third-order valence-corrected chi connectivity index (χ3v) is 11.2. The first kappa shape index (κ1) is 22.9. The van der Waals surface area contributed by atoms with E-state index in [0.717, 1.165) is 30.0 Å². The zero-order chi connectivity index (χ0) is 24.8. The summed E-state index contributed by atoms with van der Waals surface area (Å²) in [4.78, 5) is 17.6. The smallest absolute Gasteiger partial charge is 0.258 e. The second-order valence-electron chi connectivity index (χ2n) is 11.0. The number of likely N-dealkylation sites (tertiary alicyclic amines) is 1. The molecule has 3 heterocycles. The molecule has 2 unspecified atom stereocenters. The topological polar surface area (TPSA) is 75.9 Å². The highest BCUT2D eigenvalue weighted by Crippen LogP contribution is 2.64. The Bertz CT molecular complexity index is 1360. The standard InChI is InChI=1S/C27H29ClN2O5S/c1-29-25-13-20(11-17-6-8-27(17,25)29)35-24-5-2-18(12-23(24)28)30-9-7-16-10-19(3-4-22(16)26(30)31)34-21-14-36(32,33)15-21/h2-5,10,12,17,20-21,25H,6-9,11,13-15H2,1H3/t17-,20+,25-,27?,29?/m1/s1. The molecule has 36 heavy (non-hydrogen) atoms. The second-order valence-corrected chi connectivity index (χ2v) is 13.6. The normalized spacial score (nSPS) is 33.9. The minimum absolute atomic E-state index is 0.0526. The Hall–Kier alpha value is -2.29. The summed E-state index contributed by atoms with van der Waals surface area (Å²) < 4.78 is 34.9. The maximum absolute atomic E-state index is 13.3. The molecule has 7 rings (SSSR count). The van der Waals surface area contributed by atoms with Crippen molar-refractivity contribution in [1.82, 2.24) is 4.90 Å². The summed E-state index contributed by atoms with van der Waals surface area (Å²) in [5, 5.41) is 0.528. The van der Waals surface area contributed by atoms with Gasteiger partial charge in [-0.2, -0.15) is 0 Å². The number of likely N-dealkylation sites (N-methyl/N-ethyl adjacent to an activating group) is 1. The van der Waals surface area contributed by atoms with Crippen LogP contribution in [0.5, 0.6) is 11.5 Å². The van der Waals surface area contributed by atoms with Crippen molar-refractivity contribution in [2.24, 2.45) is 5.92 Å². The van der Waals surface area contributed by atoms with Gasteiger partial charge < -0.3 is 14.4 Å². The minimum Gasteiger partial charge on any atom is -0.489 e. The van der Waals surface area contributed by atoms with E-state index in [1.165, 1.54) is 12.8 Å². The molecule has 9 heteroatoms. The predicted molar refractivity (Wildman–Crippen MR) is 137 cm³/mol. The fourth-order valence-electron chi connectivity index (χ4n) is 7.05. The molecule has 5 atom stereocenters. The molecule has 2 saturated heterocycles. The number of rotatable bonds is 5. The van der Waals surface area contributed by atoms with Crippen molar-refractivity contribution in [3.63, 3.8) is 0 Å². The predicted octanol–water partition coefficient (Wildman–Crippen LogP) is 3.72. The van der Waals surface area contributed by atoms with Gasteiger partial charge in [-0.25, -0.2) is 8.42 Å².